The van der Waals surface area contributed by atoms with Crippen LogP contribution in [0.25, 0.3) is 0 Å². The minimum absolute atomic E-state index is 0.0234. The van der Waals surface area contributed by atoms with Crippen LogP contribution >= 0.6 is 11.6 Å². The molecule has 1 heterocycles. The summed E-state index contributed by atoms with van der Waals surface area (Å²) in [6, 6.07) is 7.59. The van der Waals surface area contributed by atoms with Gasteiger partial charge in [-0.1, -0.05) is 19.1 Å². The van der Waals surface area contributed by atoms with Gasteiger partial charge < -0.3 is 4.90 Å². The number of aromatic nitrogens is 2. The van der Waals surface area contributed by atoms with Crippen molar-refractivity contribution in [2.24, 2.45) is 0 Å². The minimum Gasteiger partial charge on any atom is -0.320 e. The van der Waals surface area contributed by atoms with E-state index in [0.717, 1.165) is 23.5 Å². The molecule has 0 N–H and O–H groups in total. The zero-order valence-corrected chi connectivity index (χ0v) is 15.0. The quantitative estimate of drug-likeness (QED) is 0.573. The van der Waals surface area contributed by atoms with Gasteiger partial charge in [-0.15, -0.1) is 0 Å². The number of hydrogen-bond acceptors (Lipinski definition) is 4. The summed E-state index contributed by atoms with van der Waals surface area (Å²) in [4.78, 5) is 22.6. The molecule has 0 radical (unpaired) electrons. The maximum Gasteiger partial charge on any atom is 0.224 e. The smallest absolute Gasteiger partial charge is 0.224 e. The second-order valence-electron chi connectivity index (χ2n) is 6.22. The van der Waals surface area contributed by atoms with Crippen molar-refractivity contribution >= 4 is 28.9 Å². The number of ketones is 1. The van der Waals surface area contributed by atoms with E-state index >= 15 is 0 Å². The zero-order chi connectivity index (χ0) is 17.2. The molecule has 0 bridgehead atoms. The molecule has 0 atom stereocenters. The lowest BCUT2D eigenvalue weighted by molar-refractivity contribution is 0.101. The molecule has 0 aliphatic carbocycles. The van der Waals surface area contributed by atoms with Crippen LogP contribution < -0.4 is 4.90 Å². The highest BCUT2D eigenvalue weighted by Crippen LogP contribution is 2.37. The lowest BCUT2D eigenvalue weighted by Crippen LogP contribution is -2.41. The van der Waals surface area contributed by atoms with Crippen LogP contribution in [0, 0.1) is 6.92 Å². The van der Waals surface area contributed by atoms with Crippen LogP contribution in [-0.2, 0) is 0 Å². The third-order valence-corrected chi connectivity index (χ3v) is 4.30. The van der Waals surface area contributed by atoms with Crippen LogP contribution in [0.3, 0.4) is 0 Å². The number of benzene rings is 1. The first-order valence-corrected chi connectivity index (χ1v) is 8.05. The first-order chi connectivity index (χ1) is 10.8. The van der Waals surface area contributed by atoms with Crippen molar-refractivity contribution in [1.29, 1.82) is 0 Å². The molecule has 4 nitrogen and oxygen atoms in total. The monoisotopic (exact) mass is 331 g/mol. The molecule has 0 fully saturated rings. The Bertz CT molecular complexity index is 728. The van der Waals surface area contributed by atoms with Crippen molar-refractivity contribution < 1.29 is 4.79 Å². The predicted molar refractivity (Wildman–Crippen MR) is 94.7 cm³/mol. The Kier molecular flexibility index (Phi) is 5.05. The van der Waals surface area contributed by atoms with Crippen molar-refractivity contribution in [3.05, 3.63) is 46.9 Å². The van der Waals surface area contributed by atoms with Crippen molar-refractivity contribution in [1.82, 2.24) is 9.97 Å². The van der Waals surface area contributed by atoms with Crippen LogP contribution in [0.2, 0.25) is 5.28 Å². The van der Waals surface area contributed by atoms with Crippen LogP contribution in [-0.4, -0.2) is 21.3 Å². The molecule has 1 aromatic carbocycles. The van der Waals surface area contributed by atoms with E-state index in [1.165, 1.54) is 0 Å². The van der Waals surface area contributed by atoms with Crippen LogP contribution in [0.5, 0.6) is 0 Å². The molecule has 2 rings (SSSR count). The highest BCUT2D eigenvalue weighted by Gasteiger charge is 2.31. The Morgan fingerprint density at radius 2 is 1.96 bits per heavy atom. The summed E-state index contributed by atoms with van der Waals surface area (Å²) in [6.07, 6.45) is 2.58. The number of halogens is 1. The summed E-state index contributed by atoms with van der Waals surface area (Å²) in [6.45, 7) is 9.89. The van der Waals surface area contributed by atoms with E-state index in [0.29, 0.717) is 5.56 Å². The molecular formula is C18H22ClN3O. The number of carbonyl (C=O) groups excluding carboxylic acids is 1. The van der Waals surface area contributed by atoms with Crippen molar-refractivity contribution in [3.63, 3.8) is 0 Å². The van der Waals surface area contributed by atoms with E-state index in [2.05, 4.69) is 35.6 Å². The third-order valence-electron chi connectivity index (χ3n) is 4.12. The van der Waals surface area contributed by atoms with Gasteiger partial charge in [-0.25, -0.2) is 4.98 Å². The number of nitrogens with zero attached hydrogens (tertiary/aromatic N) is 3. The fourth-order valence-electron chi connectivity index (χ4n) is 2.49. The van der Waals surface area contributed by atoms with Gasteiger partial charge in [0.05, 0.1) is 5.69 Å². The van der Waals surface area contributed by atoms with Crippen LogP contribution in [0.15, 0.2) is 30.5 Å². The third kappa shape index (κ3) is 3.53. The van der Waals surface area contributed by atoms with Crippen LogP contribution in [0.1, 0.15) is 50.0 Å². The van der Waals surface area contributed by atoms with Gasteiger partial charge in [-0.3, -0.25) is 4.79 Å². The average molecular weight is 332 g/mol. The van der Waals surface area contributed by atoms with Gasteiger partial charge in [0.15, 0.2) is 5.78 Å². The highest BCUT2D eigenvalue weighted by molar-refractivity contribution is 6.28. The maximum absolute atomic E-state index is 12.1. The lowest BCUT2D eigenvalue weighted by atomic mass is 9.95. The number of para-hydroxylation sites is 1. The summed E-state index contributed by atoms with van der Waals surface area (Å²) in [5.74, 6) is 0.751. The Morgan fingerprint density at radius 3 is 2.57 bits per heavy atom. The number of aryl methyl sites for hydroxylation is 1. The summed E-state index contributed by atoms with van der Waals surface area (Å²) in [7, 11) is 0. The lowest BCUT2D eigenvalue weighted by Gasteiger charge is -2.40. The molecule has 0 amide bonds. The Balaban J connectivity index is 2.75. The SMILES string of the molecule is CCC(C)(C)N(c1ccccc1C(C)=O)c1nc(Cl)ncc1C. The number of anilines is 2. The number of Topliss-reactive ketones (excluding diaryl/α,β-unsaturated/α-hetero) is 1. The summed E-state index contributed by atoms with van der Waals surface area (Å²) in [5, 5.41) is 0.197. The van der Waals surface area contributed by atoms with E-state index in [1.54, 1.807) is 13.1 Å². The Hall–Kier alpha value is -1.94. The normalized spacial score (nSPS) is 11.4. The van der Waals surface area contributed by atoms with Gasteiger partial charge >= 0.3 is 0 Å². The molecule has 0 aliphatic heterocycles. The topological polar surface area (TPSA) is 46.1 Å². The standard InChI is InChI=1S/C18H22ClN3O/c1-6-18(4,5)22(16-12(2)11-20-17(19)21-16)15-10-8-7-9-14(15)13(3)23/h7-11H,6H2,1-5H3. The second kappa shape index (κ2) is 6.67. The highest BCUT2D eigenvalue weighted by atomic mass is 35.5. The van der Waals surface area contributed by atoms with Crippen LogP contribution in [0.4, 0.5) is 11.5 Å². The molecule has 0 saturated carbocycles. The number of hydrogen-bond donors (Lipinski definition) is 0. The fourth-order valence-corrected chi connectivity index (χ4v) is 2.62. The zero-order valence-electron chi connectivity index (χ0n) is 14.2. The first-order valence-electron chi connectivity index (χ1n) is 7.67. The molecule has 5 heteroatoms. The average Bonchev–Trinajstić information content (AvgIpc) is 2.51. The summed E-state index contributed by atoms with van der Waals surface area (Å²) < 4.78 is 0. The molecule has 23 heavy (non-hydrogen) atoms. The molecule has 122 valence electrons. The van der Waals surface area contributed by atoms with Crippen molar-refractivity contribution in [3.8, 4) is 0 Å². The number of carbonyl (C=O) groups is 1. The molecular weight excluding hydrogens is 310 g/mol. The fraction of sp³-hybridized carbons (Fsp3) is 0.389. The molecule has 0 aliphatic rings. The molecule has 0 unspecified atom stereocenters. The maximum atomic E-state index is 12.1. The van der Waals surface area contributed by atoms with E-state index in [9.17, 15) is 4.79 Å². The van der Waals surface area contributed by atoms with Gasteiger partial charge in [0.1, 0.15) is 5.82 Å². The van der Waals surface area contributed by atoms with Gasteiger partial charge in [0.2, 0.25) is 5.28 Å². The first kappa shape index (κ1) is 17.4. The second-order valence-corrected chi connectivity index (χ2v) is 6.56. The summed E-state index contributed by atoms with van der Waals surface area (Å²) in [5.41, 5.74) is 2.18. The number of rotatable bonds is 5. The summed E-state index contributed by atoms with van der Waals surface area (Å²) >= 11 is 6.03. The van der Waals surface area contributed by atoms with E-state index in [1.807, 2.05) is 31.2 Å². The minimum atomic E-state index is -0.242. The predicted octanol–water partition coefficient (Wildman–Crippen LogP) is 4.97. The van der Waals surface area contributed by atoms with Gasteiger partial charge in [0, 0.05) is 22.9 Å². The van der Waals surface area contributed by atoms with Gasteiger partial charge in [-0.2, -0.15) is 4.98 Å². The van der Waals surface area contributed by atoms with Gasteiger partial charge in [-0.05, 0) is 57.8 Å². The Morgan fingerprint density at radius 1 is 1.30 bits per heavy atom. The van der Waals surface area contributed by atoms with Crippen molar-refractivity contribution in [2.45, 2.75) is 46.6 Å². The van der Waals surface area contributed by atoms with E-state index < -0.39 is 0 Å². The molecule has 1 aromatic heterocycles. The largest absolute Gasteiger partial charge is 0.320 e. The Labute approximate surface area is 142 Å². The molecule has 0 saturated heterocycles. The van der Waals surface area contributed by atoms with Gasteiger partial charge in [0.25, 0.3) is 0 Å². The van der Waals surface area contributed by atoms with E-state index in [-0.39, 0.29) is 16.6 Å². The molecule has 0 spiro atoms. The molecule has 2 aromatic rings. The van der Waals surface area contributed by atoms with E-state index in [4.69, 9.17) is 11.6 Å². The van der Waals surface area contributed by atoms with Crippen molar-refractivity contribution in [2.75, 3.05) is 4.90 Å².